The normalized spacial score (nSPS) is 0. The third-order valence-corrected chi connectivity index (χ3v) is 0. The Kier molecular flexibility index (Phi) is 7070. The van der Waals surface area contributed by atoms with E-state index in [4.69, 9.17) is 0 Å². The Morgan fingerprint density at radius 2 is 0.800 bits per heavy atom. The Labute approximate surface area is 47.2 Å². The molecule has 0 fully saturated rings. The van der Waals surface area contributed by atoms with Crippen molar-refractivity contribution < 1.29 is 40.4 Å². The van der Waals surface area contributed by atoms with Crippen molar-refractivity contribution >= 4 is 0 Å². The predicted molar refractivity (Wildman–Crippen MR) is 13.2 cm³/mol. The summed E-state index contributed by atoms with van der Waals surface area (Å²) in [4.78, 5) is 0. The maximum Gasteiger partial charge on any atom is 2.00 e. The van der Waals surface area contributed by atoms with Crippen molar-refractivity contribution in [1.82, 2.24) is 6.15 Å². The van der Waals surface area contributed by atoms with Crippen LogP contribution in [0.5, 0.6) is 0 Å². The summed E-state index contributed by atoms with van der Waals surface area (Å²) in [6.07, 6.45) is 0. The summed E-state index contributed by atoms with van der Waals surface area (Å²) in [6, 6.07) is 0. The van der Waals surface area contributed by atoms with Crippen molar-refractivity contribution in [2.24, 2.45) is 0 Å². The van der Waals surface area contributed by atoms with Gasteiger partial charge in [0.25, 0.3) is 0 Å². The fraction of sp³-hybridized carbons (Fsp3) is 0. The van der Waals surface area contributed by atoms with Crippen molar-refractivity contribution in [2.75, 3.05) is 0 Å². The van der Waals surface area contributed by atoms with Gasteiger partial charge in [0.15, 0.2) is 0 Å². The second-order valence-electron chi connectivity index (χ2n) is 0. The molecule has 0 saturated heterocycles. The van der Waals surface area contributed by atoms with Crippen LogP contribution in [0.3, 0.4) is 0 Å². The zero-order chi connectivity index (χ0) is 0. The molecule has 0 bridgehead atoms. The molecule has 0 aliphatic heterocycles. The summed E-state index contributed by atoms with van der Waals surface area (Å²) in [7, 11) is 0. The van der Waals surface area contributed by atoms with E-state index in [0.717, 1.165) is 0 Å². The first kappa shape index (κ1) is 263. The van der Waals surface area contributed by atoms with Gasteiger partial charge < -0.3 is 29.5 Å². The van der Waals surface area contributed by atoms with Gasteiger partial charge in [0.1, 0.15) is 0 Å². The van der Waals surface area contributed by atoms with Crippen LogP contribution in [0.2, 0.25) is 0 Å². The summed E-state index contributed by atoms with van der Waals surface area (Å²) in [5.41, 5.74) is 0. The van der Waals surface area contributed by atoms with Gasteiger partial charge in [-0.05, 0) is 0 Å². The van der Waals surface area contributed by atoms with Crippen LogP contribution in [0.1, 0.15) is 0 Å². The van der Waals surface area contributed by atoms with E-state index in [1.165, 1.54) is 0 Å². The number of quaternary nitrogens is 1. The summed E-state index contributed by atoms with van der Waals surface area (Å²) < 4.78 is 0. The monoisotopic (exact) mass is 152 g/mol. The fourth-order valence-corrected chi connectivity index (χ4v) is 0. The Balaban J connectivity index is 0. The van der Waals surface area contributed by atoms with Crippen molar-refractivity contribution in [3.63, 3.8) is 0 Å². The molecule has 0 rings (SSSR count). The minimum Gasteiger partial charge on any atom is -1.00 e. The number of hydrogen-bond donors (Lipinski definition) is 1. The van der Waals surface area contributed by atoms with Gasteiger partial charge in [-0.15, -0.1) is 0 Å². The van der Waals surface area contributed by atoms with Gasteiger partial charge in [0.2, 0.25) is 0 Å². The van der Waals surface area contributed by atoms with Crippen LogP contribution >= 0.6 is 0 Å². The molecule has 0 aliphatic rings. The first-order valence-electron chi connectivity index (χ1n) is 0. The van der Waals surface area contributed by atoms with E-state index < -0.39 is 0 Å². The Hall–Kier alpha value is 0.689. The van der Waals surface area contributed by atoms with Crippen molar-refractivity contribution in [3.8, 4) is 0 Å². The molecule has 0 heterocycles. The molecule has 0 aliphatic carbocycles. The minimum absolute atomic E-state index is 0. The quantitative estimate of drug-likeness (QED) is 0.341. The first-order chi connectivity index (χ1) is 0. The SMILES string of the molecule is O.O.[Cl-].[Cu+2].[NH4+]. The predicted octanol–water partition coefficient (Wildman–Crippen LogP) is -4.27. The maximum absolute atomic E-state index is 0. The molecule has 41 valence electrons. The van der Waals surface area contributed by atoms with Gasteiger partial charge in [-0.25, -0.2) is 0 Å². The van der Waals surface area contributed by atoms with E-state index in [1.54, 1.807) is 0 Å². The maximum atomic E-state index is 0. The van der Waals surface area contributed by atoms with Crippen LogP contribution in [0, 0.1) is 0 Å². The third-order valence-electron chi connectivity index (χ3n) is 0. The zero-order valence-corrected chi connectivity index (χ0v) is 4.38. The van der Waals surface area contributed by atoms with Gasteiger partial charge in [0, 0.05) is 0 Å². The molecular weight excluding hydrogens is 145 g/mol. The molecule has 5 heteroatoms. The second kappa shape index (κ2) is 134. The molecule has 0 atom stereocenters. The smallest absolute Gasteiger partial charge is 1.00 e. The molecule has 0 aromatic heterocycles. The van der Waals surface area contributed by atoms with Gasteiger partial charge in [-0.2, -0.15) is 0 Å². The van der Waals surface area contributed by atoms with E-state index in [1.807, 2.05) is 0 Å². The van der Waals surface area contributed by atoms with Gasteiger partial charge in [0.05, 0.1) is 0 Å². The number of hydrogen-bond acceptors (Lipinski definition) is 0. The van der Waals surface area contributed by atoms with Crippen molar-refractivity contribution in [3.05, 3.63) is 0 Å². The average Bonchev–Trinajstić information content (AvgIpc) is 0. The van der Waals surface area contributed by atoms with E-state index in [2.05, 4.69) is 0 Å². The zero-order valence-electron chi connectivity index (χ0n) is 2.68. The summed E-state index contributed by atoms with van der Waals surface area (Å²) in [5, 5.41) is 0. The molecular formula is H8ClCuNO2+2. The van der Waals surface area contributed by atoms with E-state index in [9.17, 15) is 0 Å². The molecule has 0 amide bonds. The summed E-state index contributed by atoms with van der Waals surface area (Å²) in [6.45, 7) is 0. The molecule has 5 heavy (non-hydrogen) atoms. The average molecular weight is 153 g/mol. The topological polar surface area (TPSA) is 99.5 Å². The second-order valence-corrected chi connectivity index (χ2v) is 0. The standard InChI is InChI=1S/ClH.Cu.H3N.2H2O/h1H;;1H3;2*1H2/q;+2;;;. The molecule has 0 saturated carbocycles. The van der Waals surface area contributed by atoms with Crippen molar-refractivity contribution in [2.45, 2.75) is 0 Å². The molecule has 3 nitrogen and oxygen atoms in total. The Bertz CT molecular complexity index is 9.61. The Morgan fingerprint density at radius 3 is 0.800 bits per heavy atom. The summed E-state index contributed by atoms with van der Waals surface area (Å²) in [5.74, 6) is 0. The minimum atomic E-state index is 0. The van der Waals surface area contributed by atoms with Gasteiger partial charge in [-0.1, -0.05) is 0 Å². The molecule has 1 radical (unpaired) electrons. The molecule has 0 aromatic rings. The number of halogens is 1. The summed E-state index contributed by atoms with van der Waals surface area (Å²) >= 11 is 0. The molecule has 8 N–H and O–H groups in total. The van der Waals surface area contributed by atoms with Crippen molar-refractivity contribution in [1.29, 1.82) is 0 Å². The Morgan fingerprint density at radius 1 is 0.800 bits per heavy atom. The van der Waals surface area contributed by atoms with Gasteiger partial charge >= 0.3 is 17.1 Å². The van der Waals surface area contributed by atoms with Gasteiger partial charge in [-0.3, -0.25) is 0 Å². The molecule has 0 unspecified atom stereocenters. The van der Waals surface area contributed by atoms with E-state index >= 15 is 0 Å². The number of rotatable bonds is 0. The molecule has 0 aromatic carbocycles. The van der Waals surface area contributed by atoms with Crippen LogP contribution in [-0.2, 0) is 17.1 Å². The van der Waals surface area contributed by atoms with Crippen LogP contribution < -0.4 is 18.6 Å². The molecule has 0 spiro atoms. The van der Waals surface area contributed by atoms with Crippen LogP contribution in [-0.4, -0.2) is 11.0 Å². The van der Waals surface area contributed by atoms with Crippen LogP contribution in [0.4, 0.5) is 0 Å². The van der Waals surface area contributed by atoms with E-state index in [-0.39, 0.29) is 46.6 Å². The largest absolute Gasteiger partial charge is 2.00 e. The van der Waals surface area contributed by atoms with Crippen LogP contribution in [0.15, 0.2) is 0 Å². The first-order valence-corrected chi connectivity index (χ1v) is 0. The van der Waals surface area contributed by atoms with Crippen LogP contribution in [0.25, 0.3) is 0 Å². The van der Waals surface area contributed by atoms with E-state index in [0.29, 0.717) is 0 Å². The third kappa shape index (κ3) is 71.4. The fourth-order valence-electron chi connectivity index (χ4n) is 0.